The molecule has 0 rings (SSSR count). The number of unbranched alkanes of at least 4 members (excludes halogenated alkanes) is 5. The second-order valence-corrected chi connectivity index (χ2v) is 3.42. The molecule has 0 bridgehead atoms. The van der Waals surface area contributed by atoms with E-state index in [4.69, 9.17) is 4.74 Å². The molecule has 2 heteroatoms. The zero-order chi connectivity index (χ0) is 9.78. The van der Waals surface area contributed by atoms with Crippen molar-refractivity contribution in [1.29, 1.82) is 0 Å². The van der Waals surface area contributed by atoms with E-state index >= 15 is 0 Å². The highest BCUT2D eigenvalue weighted by Gasteiger charge is 1.90. The molecule has 0 aliphatic rings. The number of rotatable bonds is 10. The Labute approximate surface area is 81.7 Å². The summed E-state index contributed by atoms with van der Waals surface area (Å²) in [5.41, 5.74) is 0. The summed E-state index contributed by atoms with van der Waals surface area (Å²) in [4.78, 5) is 0. The van der Waals surface area contributed by atoms with Crippen molar-refractivity contribution >= 4 is 0 Å². The molecular weight excluding hydrogens is 167 g/mol. The second kappa shape index (κ2) is 11.9. The van der Waals surface area contributed by atoms with Gasteiger partial charge in [-0.1, -0.05) is 39.0 Å². The van der Waals surface area contributed by atoms with Crippen LogP contribution in [-0.2, 0) is 4.74 Å². The number of alkyl halides is 1. The van der Waals surface area contributed by atoms with Gasteiger partial charge >= 0.3 is 0 Å². The van der Waals surface area contributed by atoms with E-state index in [1.54, 1.807) is 0 Å². The van der Waals surface area contributed by atoms with Gasteiger partial charge in [0.2, 0.25) is 0 Å². The summed E-state index contributed by atoms with van der Waals surface area (Å²) in [5.74, 6) is 0. The SMILES string of the molecule is CCCCCCCCOCCCF. The van der Waals surface area contributed by atoms with Crippen LogP contribution in [0.2, 0.25) is 0 Å². The zero-order valence-electron chi connectivity index (χ0n) is 8.86. The molecule has 0 atom stereocenters. The molecule has 0 saturated carbocycles. The molecule has 0 heterocycles. The minimum Gasteiger partial charge on any atom is -0.381 e. The van der Waals surface area contributed by atoms with Crippen molar-refractivity contribution in [2.24, 2.45) is 0 Å². The molecular formula is C11H23FO. The fourth-order valence-electron chi connectivity index (χ4n) is 1.24. The fourth-order valence-corrected chi connectivity index (χ4v) is 1.24. The molecule has 0 fully saturated rings. The van der Waals surface area contributed by atoms with E-state index in [1.165, 1.54) is 32.1 Å². The standard InChI is InChI=1S/C11H23FO/c1-2-3-4-5-6-7-10-13-11-8-9-12/h2-11H2,1H3. The fraction of sp³-hybridized carbons (Fsp3) is 1.00. The maximum atomic E-state index is 11.6. The molecule has 0 aliphatic carbocycles. The first-order chi connectivity index (χ1) is 6.41. The maximum absolute atomic E-state index is 11.6. The lowest BCUT2D eigenvalue weighted by atomic mass is 10.1. The number of halogens is 1. The Kier molecular flexibility index (Phi) is 11.8. The average molecular weight is 190 g/mol. The van der Waals surface area contributed by atoms with Gasteiger partial charge in [0.05, 0.1) is 6.67 Å². The average Bonchev–Trinajstić information content (AvgIpc) is 2.16. The molecule has 13 heavy (non-hydrogen) atoms. The molecule has 0 amide bonds. The quantitative estimate of drug-likeness (QED) is 0.477. The molecule has 0 unspecified atom stereocenters. The smallest absolute Gasteiger partial charge is 0.0916 e. The monoisotopic (exact) mass is 190 g/mol. The summed E-state index contributed by atoms with van der Waals surface area (Å²) in [6, 6.07) is 0. The van der Waals surface area contributed by atoms with Crippen LogP contribution in [0.1, 0.15) is 51.9 Å². The van der Waals surface area contributed by atoms with Crippen molar-refractivity contribution in [3.05, 3.63) is 0 Å². The minimum absolute atomic E-state index is 0.253. The van der Waals surface area contributed by atoms with Gasteiger partial charge in [0.1, 0.15) is 0 Å². The highest BCUT2D eigenvalue weighted by Crippen LogP contribution is 2.04. The van der Waals surface area contributed by atoms with Crippen LogP contribution in [0.25, 0.3) is 0 Å². The van der Waals surface area contributed by atoms with Crippen LogP contribution < -0.4 is 0 Å². The predicted octanol–water partition coefficient (Wildman–Crippen LogP) is 3.72. The van der Waals surface area contributed by atoms with E-state index in [2.05, 4.69) is 6.92 Å². The third-order valence-electron chi connectivity index (χ3n) is 2.06. The Balaban J connectivity index is 2.76. The van der Waals surface area contributed by atoms with E-state index in [-0.39, 0.29) is 6.67 Å². The Bertz CT molecular complexity index is 76.2. The highest BCUT2D eigenvalue weighted by molar-refractivity contribution is 4.43. The van der Waals surface area contributed by atoms with Crippen LogP contribution in [0.5, 0.6) is 0 Å². The van der Waals surface area contributed by atoms with Crippen LogP contribution in [0, 0.1) is 0 Å². The van der Waals surface area contributed by atoms with E-state index in [0.29, 0.717) is 13.0 Å². The summed E-state index contributed by atoms with van der Waals surface area (Å²) < 4.78 is 16.9. The van der Waals surface area contributed by atoms with Gasteiger partial charge in [-0.2, -0.15) is 0 Å². The molecule has 0 saturated heterocycles. The molecule has 0 spiro atoms. The predicted molar refractivity (Wildman–Crippen MR) is 54.8 cm³/mol. The molecule has 1 nitrogen and oxygen atoms in total. The van der Waals surface area contributed by atoms with Crippen LogP contribution in [0.15, 0.2) is 0 Å². The van der Waals surface area contributed by atoms with Crippen molar-refractivity contribution in [3.8, 4) is 0 Å². The van der Waals surface area contributed by atoms with Gasteiger partial charge in [-0.15, -0.1) is 0 Å². The van der Waals surface area contributed by atoms with Gasteiger partial charge in [0.25, 0.3) is 0 Å². The van der Waals surface area contributed by atoms with Gasteiger partial charge in [0.15, 0.2) is 0 Å². The Hall–Kier alpha value is -0.110. The molecule has 0 aromatic heterocycles. The summed E-state index contributed by atoms with van der Waals surface area (Å²) in [6.45, 7) is 3.37. The van der Waals surface area contributed by atoms with E-state index in [0.717, 1.165) is 13.0 Å². The molecule has 0 aromatic rings. The first-order valence-electron chi connectivity index (χ1n) is 5.55. The van der Waals surface area contributed by atoms with Gasteiger partial charge in [-0.3, -0.25) is 4.39 Å². The summed E-state index contributed by atoms with van der Waals surface area (Å²) >= 11 is 0. The van der Waals surface area contributed by atoms with E-state index < -0.39 is 0 Å². The van der Waals surface area contributed by atoms with Crippen molar-refractivity contribution < 1.29 is 9.13 Å². The summed E-state index contributed by atoms with van der Waals surface area (Å²) in [7, 11) is 0. The van der Waals surface area contributed by atoms with Crippen LogP contribution in [0.3, 0.4) is 0 Å². The largest absolute Gasteiger partial charge is 0.381 e. The van der Waals surface area contributed by atoms with Crippen LogP contribution >= 0.6 is 0 Å². The van der Waals surface area contributed by atoms with Gasteiger partial charge in [0, 0.05) is 13.2 Å². The van der Waals surface area contributed by atoms with Gasteiger partial charge in [-0.25, -0.2) is 0 Å². The van der Waals surface area contributed by atoms with E-state index in [1.807, 2.05) is 0 Å². The minimum atomic E-state index is -0.253. The van der Waals surface area contributed by atoms with Crippen molar-refractivity contribution in [2.75, 3.05) is 19.9 Å². The molecule has 0 aliphatic heterocycles. The Morgan fingerprint density at radius 3 is 2.15 bits per heavy atom. The van der Waals surface area contributed by atoms with Crippen LogP contribution in [0.4, 0.5) is 4.39 Å². The van der Waals surface area contributed by atoms with Crippen molar-refractivity contribution in [1.82, 2.24) is 0 Å². The molecule has 0 aromatic carbocycles. The molecule has 80 valence electrons. The van der Waals surface area contributed by atoms with Gasteiger partial charge in [-0.05, 0) is 12.8 Å². The number of ether oxygens (including phenoxy) is 1. The third-order valence-corrected chi connectivity index (χ3v) is 2.06. The second-order valence-electron chi connectivity index (χ2n) is 3.42. The first kappa shape index (κ1) is 12.9. The van der Waals surface area contributed by atoms with Crippen molar-refractivity contribution in [2.45, 2.75) is 51.9 Å². The lowest BCUT2D eigenvalue weighted by molar-refractivity contribution is 0.122. The van der Waals surface area contributed by atoms with E-state index in [9.17, 15) is 4.39 Å². The zero-order valence-corrected chi connectivity index (χ0v) is 8.86. The van der Waals surface area contributed by atoms with Crippen LogP contribution in [-0.4, -0.2) is 19.9 Å². The number of hydrogen-bond donors (Lipinski definition) is 0. The lowest BCUT2D eigenvalue weighted by Gasteiger charge is -2.02. The molecule has 0 N–H and O–H groups in total. The topological polar surface area (TPSA) is 9.23 Å². The highest BCUT2D eigenvalue weighted by atomic mass is 19.1. The molecule has 0 radical (unpaired) electrons. The lowest BCUT2D eigenvalue weighted by Crippen LogP contribution is -1.97. The maximum Gasteiger partial charge on any atom is 0.0916 e. The normalized spacial score (nSPS) is 10.6. The Morgan fingerprint density at radius 2 is 1.46 bits per heavy atom. The first-order valence-corrected chi connectivity index (χ1v) is 5.55. The third kappa shape index (κ3) is 11.9. The number of hydrogen-bond acceptors (Lipinski definition) is 1. The van der Waals surface area contributed by atoms with Gasteiger partial charge < -0.3 is 4.74 Å². The summed E-state index contributed by atoms with van der Waals surface area (Å²) in [5, 5.41) is 0. The summed E-state index contributed by atoms with van der Waals surface area (Å²) in [6.07, 6.45) is 8.26. The van der Waals surface area contributed by atoms with Crippen molar-refractivity contribution in [3.63, 3.8) is 0 Å². The Morgan fingerprint density at radius 1 is 0.846 bits per heavy atom.